The van der Waals surface area contributed by atoms with Crippen molar-refractivity contribution in [2.24, 2.45) is 0 Å². The summed E-state index contributed by atoms with van der Waals surface area (Å²) in [5.74, 6) is 0.653. The molecule has 0 saturated carbocycles. The Hall–Kier alpha value is -1.01. The van der Waals surface area contributed by atoms with Gasteiger partial charge in [0.2, 0.25) is 0 Å². The molecule has 0 N–H and O–H groups in total. The van der Waals surface area contributed by atoms with E-state index in [0.717, 1.165) is 15.6 Å². The van der Waals surface area contributed by atoms with Crippen molar-refractivity contribution in [3.63, 3.8) is 0 Å². The molecule has 0 aliphatic rings. The molecule has 3 heteroatoms. The molecule has 13 heavy (non-hydrogen) atoms. The summed E-state index contributed by atoms with van der Waals surface area (Å²) in [7, 11) is 1.57. The lowest BCUT2D eigenvalue weighted by molar-refractivity contribution is 0.410. The summed E-state index contributed by atoms with van der Waals surface area (Å²) >= 11 is 3.36. The van der Waals surface area contributed by atoms with Crippen molar-refractivity contribution in [2.45, 2.75) is 13.8 Å². The first-order valence-corrected chi connectivity index (χ1v) is 4.65. The molecule has 0 aliphatic heterocycles. The Bertz CT molecular complexity index is 379. The number of aryl methyl sites for hydroxylation is 2. The fraction of sp³-hybridized carbons (Fsp3) is 0.300. The minimum absolute atomic E-state index is 0.569. The minimum atomic E-state index is 0.569. The first-order chi connectivity index (χ1) is 6.11. The van der Waals surface area contributed by atoms with Crippen LogP contribution in [0.25, 0.3) is 0 Å². The molecular formula is C10H10BrNO. The van der Waals surface area contributed by atoms with Gasteiger partial charge in [0.15, 0.2) is 0 Å². The SMILES string of the molecule is COc1c(C)cc(C)c(Br)c1C#N. The number of benzene rings is 1. The Morgan fingerprint density at radius 3 is 2.46 bits per heavy atom. The van der Waals surface area contributed by atoms with Gasteiger partial charge in [-0.1, -0.05) is 6.07 Å². The largest absolute Gasteiger partial charge is 0.495 e. The minimum Gasteiger partial charge on any atom is -0.495 e. The average Bonchev–Trinajstić information content (AvgIpc) is 2.10. The molecule has 1 rings (SSSR count). The van der Waals surface area contributed by atoms with E-state index in [-0.39, 0.29) is 0 Å². The predicted octanol–water partition coefficient (Wildman–Crippen LogP) is 2.95. The van der Waals surface area contributed by atoms with E-state index in [1.165, 1.54) is 0 Å². The maximum atomic E-state index is 8.92. The van der Waals surface area contributed by atoms with Crippen molar-refractivity contribution >= 4 is 15.9 Å². The third-order valence-electron chi connectivity index (χ3n) is 1.90. The molecule has 0 bridgehead atoms. The normalized spacial score (nSPS) is 9.46. The molecule has 2 nitrogen and oxygen atoms in total. The van der Waals surface area contributed by atoms with Gasteiger partial charge < -0.3 is 4.74 Å². The zero-order chi connectivity index (χ0) is 10.0. The second kappa shape index (κ2) is 3.80. The van der Waals surface area contributed by atoms with E-state index in [0.29, 0.717) is 11.3 Å². The standard InChI is InChI=1S/C10H10BrNO/c1-6-4-7(2)10(13-3)8(5-12)9(6)11/h4H,1-3H3. The maximum absolute atomic E-state index is 8.92. The zero-order valence-corrected chi connectivity index (χ0v) is 9.40. The summed E-state index contributed by atoms with van der Waals surface area (Å²) in [6.07, 6.45) is 0. The van der Waals surface area contributed by atoms with Crippen LogP contribution < -0.4 is 4.74 Å². The van der Waals surface area contributed by atoms with Gasteiger partial charge in [-0.2, -0.15) is 5.26 Å². The number of nitriles is 1. The van der Waals surface area contributed by atoms with Crippen LogP contribution in [0.1, 0.15) is 16.7 Å². The van der Waals surface area contributed by atoms with Crippen LogP contribution in [-0.2, 0) is 0 Å². The molecule has 0 fully saturated rings. The highest BCUT2D eigenvalue weighted by Crippen LogP contribution is 2.32. The van der Waals surface area contributed by atoms with Gasteiger partial charge in [0.1, 0.15) is 17.4 Å². The van der Waals surface area contributed by atoms with Gasteiger partial charge in [0.05, 0.1) is 7.11 Å². The average molecular weight is 240 g/mol. The zero-order valence-electron chi connectivity index (χ0n) is 7.81. The number of ether oxygens (including phenoxy) is 1. The topological polar surface area (TPSA) is 33.0 Å². The summed E-state index contributed by atoms with van der Waals surface area (Å²) in [6, 6.07) is 4.11. The summed E-state index contributed by atoms with van der Waals surface area (Å²) in [5.41, 5.74) is 2.61. The molecule has 0 unspecified atom stereocenters. The second-order valence-electron chi connectivity index (χ2n) is 2.84. The molecule has 1 aromatic carbocycles. The highest BCUT2D eigenvalue weighted by atomic mass is 79.9. The summed E-state index contributed by atoms with van der Waals surface area (Å²) in [4.78, 5) is 0. The third kappa shape index (κ3) is 1.68. The van der Waals surface area contributed by atoms with Crippen molar-refractivity contribution in [2.75, 3.05) is 7.11 Å². The van der Waals surface area contributed by atoms with Gasteiger partial charge >= 0.3 is 0 Å². The van der Waals surface area contributed by atoms with Gasteiger partial charge in [-0.05, 0) is 40.9 Å². The molecule has 0 aliphatic carbocycles. The first kappa shape index (κ1) is 10.1. The highest BCUT2D eigenvalue weighted by molar-refractivity contribution is 9.10. The van der Waals surface area contributed by atoms with E-state index in [1.54, 1.807) is 7.11 Å². The van der Waals surface area contributed by atoms with Crippen LogP contribution in [0.3, 0.4) is 0 Å². The number of rotatable bonds is 1. The van der Waals surface area contributed by atoms with Gasteiger partial charge in [0.25, 0.3) is 0 Å². The van der Waals surface area contributed by atoms with Crippen molar-refractivity contribution in [3.8, 4) is 11.8 Å². The summed E-state index contributed by atoms with van der Waals surface area (Å²) in [6.45, 7) is 3.89. The van der Waals surface area contributed by atoms with E-state index >= 15 is 0 Å². The van der Waals surface area contributed by atoms with Crippen molar-refractivity contribution in [1.82, 2.24) is 0 Å². The number of halogens is 1. The fourth-order valence-electron chi connectivity index (χ4n) is 1.31. The van der Waals surface area contributed by atoms with Crippen molar-refractivity contribution < 1.29 is 4.74 Å². The molecule has 0 amide bonds. The molecule has 0 aromatic heterocycles. The lowest BCUT2D eigenvalue weighted by Gasteiger charge is -2.10. The Morgan fingerprint density at radius 1 is 1.38 bits per heavy atom. The summed E-state index contributed by atoms with van der Waals surface area (Å²) < 4.78 is 5.97. The van der Waals surface area contributed by atoms with Crippen LogP contribution in [-0.4, -0.2) is 7.11 Å². The fourth-order valence-corrected chi connectivity index (χ4v) is 1.69. The van der Waals surface area contributed by atoms with E-state index < -0.39 is 0 Å². The van der Waals surface area contributed by atoms with Crippen LogP contribution in [0.4, 0.5) is 0 Å². The predicted molar refractivity (Wildman–Crippen MR) is 54.9 cm³/mol. The van der Waals surface area contributed by atoms with E-state index in [1.807, 2.05) is 19.9 Å². The van der Waals surface area contributed by atoms with Gasteiger partial charge in [-0.3, -0.25) is 0 Å². The smallest absolute Gasteiger partial charge is 0.140 e. The summed E-state index contributed by atoms with van der Waals surface area (Å²) in [5, 5.41) is 8.92. The van der Waals surface area contributed by atoms with Crippen LogP contribution in [0, 0.1) is 25.2 Å². The van der Waals surface area contributed by atoms with Crippen molar-refractivity contribution in [1.29, 1.82) is 5.26 Å². The van der Waals surface area contributed by atoms with E-state index in [9.17, 15) is 0 Å². The first-order valence-electron chi connectivity index (χ1n) is 3.85. The van der Waals surface area contributed by atoms with Crippen LogP contribution >= 0.6 is 15.9 Å². The molecule has 1 aromatic rings. The number of hydrogen-bond acceptors (Lipinski definition) is 2. The quantitative estimate of drug-likeness (QED) is 0.755. The molecule has 0 saturated heterocycles. The lowest BCUT2D eigenvalue weighted by atomic mass is 10.1. The van der Waals surface area contributed by atoms with E-state index in [4.69, 9.17) is 10.00 Å². The van der Waals surface area contributed by atoms with Crippen LogP contribution in [0.5, 0.6) is 5.75 Å². The molecule has 0 atom stereocenters. The molecule has 68 valence electrons. The lowest BCUT2D eigenvalue weighted by Crippen LogP contribution is -1.94. The highest BCUT2D eigenvalue weighted by Gasteiger charge is 2.12. The molecular weight excluding hydrogens is 230 g/mol. The Labute approximate surface area is 86.3 Å². The number of hydrogen-bond donors (Lipinski definition) is 0. The Kier molecular flexibility index (Phi) is 2.94. The van der Waals surface area contributed by atoms with Crippen LogP contribution in [0.2, 0.25) is 0 Å². The van der Waals surface area contributed by atoms with Gasteiger partial charge in [0, 0.05) is 4.47 Å². The van der Waals surface area contributed by atoms with E-state index in [2.05, 4.69) is 22.0 Å². The van der Waals surface area contributed by atoms with Gasteiger partial charge in [-0.25, -0.2) is 0 Å². The molecule has 0 spiro atoms. The number of methoxy groups -OCH3 is 1. The Morgan fingerprint density at radius 2 is 2.00 bits per heavy atom. The maximum Gasteiger partial charge on any atom is 0.140 e. The molecule has 0 heterocycles. The Balaban J connectivity index is 3.53. The van der Waals surface area contributed by atoms with Crippen LogP contribution in [0.15, 0.2) is 10.5 Å². The third-order valence-corrected chi connectivity index (χ3v) is 2.92. The van der Waals surface area contributed by atoms with Gasteiger partial charge in [-0.15, -0.1) is 0 Å². The monoisotopic (exact) mass is 239 g/mol. The second-order valence-corrected chi connectivity index (χ2v) is 3.64. The van der Waals surface area contributed by atoms with Crippen molar-refractivity contribution in [3.05, 3.63) is 27.2 Å². The number of nitrogens with zero attached hydrogens (tertiary/aromatic N) is 1. The molecule has 0 radical (unpaired) electrons.